The van der Waals surface area contributed by atoms with Crippen LogP contribution in [0.1, 0.15) is 41.0 Å². The van der Waals surface area contributed by atoms with Gasteiger partial charge < -0.3 is 14.1 Å². The predicted molar refractivity (Wildman–Crippen MR) is 111 cm³/mol. The van der Waals surface area contributed by atoms with Crippen molar-refractivity contribution in [1.82, 2.24) is 4.90 Å². The number of hydrogen-bond donors (Lipinski definition) is 0. The van der Waals surface area contributed by atoms with Gasteiger partial charge in [0.25, 0.3) is 0 Å². The minimum Gasteiger partial charge on any atom is -0.496 e. The fraction of sp³-hybridized carbons (Fsp3) is 0.417. The van der Waals surface area contributed by atoms with Crippen molar-refractivity contribution in [2.24, 2.45) is 0 Å². The maximum atomic E-state index is 5.59. The maximum absolute atomic E-state index is 5.59. The maximum Gasteiger partial charge on any atom is 0.134 e. The van der Waals surface area contributed by atoms with Crippen molar-refractivity contribution < 1.29 is 9.15 Å². The van der Waals surface area contributed by atoms with Gasteiger partial charge in [-0.1, -0.05) is 18.2 Å². The molecule has 3 aromatic rings. The second kappa shape index (κ2) is 7.77. The van der Waals surface area contributed by atoms with Crippen LogP contribution in [0.4, 0.5) is 0 Å². The Labute approximate surface area is 161 Å². The fourth-order valence-electron chi connectivity index (χ4n) is 4.44. The minimum absolute atomic E-state index is 0.604. The molecule has 0 N–H and O–H groups in total. The summed E-state index contributed by atoms with van der Waals surface area (Å²) >= 11 is 0. The van der Waals surface area contributed by atoms with E-state index >= 15 is 0 Å². The standard InChI is InChI=1S/C24H29NO2/c1-17-16-27-24-11-10-18(14-22(17)24)12-13-25(2)15-19-6-4-8-21-20(19)7-5-9-23(21)26-3/h5,7,9-11,14,16,19H,4,6,8,12-13,15H2,1-3H3. The van der Waals surface area contributed by atoms with Gasteiger partial charge in [0, 0.05) is 18.5 Å². The molecule has 0 amide bonds. The van der Waals surface area contributed by atoms with Crippen molar-refractivity contribution in [2.75, 3.05) is 27.2 Å². The molecule has 3 nitrogen and oxygen atoms in total. The SMILES string of the molecule is COc1cccc2c1CCCC2CN(C)CCc1ccc2occ(C)c2c1. The van der Waals surface area contributed by atoms with Crippen LogP contribution in [0.3, 0.4) is 0 Å². The summed E-state index contributed by atoms with van der Waals surface area (Å²) in [5.41, 5.74) is 6.49. The summed E-state index contributed by atoms with van der Waals surface area (Å²) < 4.78 is 11.1. The van der Waals surface area contributed by atoms with Crippen molar-refractivity contribution in [1.29, 1.82) is 0 Å². The molecule has 0 saturated carbocycles. The van der Waals surface area contributed by atoms with Gasteiger partial charge in [0.15, 0.2) is 0 Å². The Kier molecular flexibility index (Phi) is 5.22. The smallest absolute Gasteiger partial charge is 0.134 e. The normalized spacial score (nSPS) is 16.7. The molecule has 27 heavy (non-hydrogen) atoms. The number of benzene rings is 2. The summed E-state index contributed by atoms with van der Waals surface area (Å²) in [4.78, 5) is 2.48. The lowest BCUT2D eigenvalue weighted by molar-refractivity contribution is 0.299. The molecule has 4 rings (SSSR count). The van der Waals surface area contributed by atoms with Gasteiger partial charge in [-0.3, -0.25) is 0 Å². The molecule has 1 aromatic heterocycles. The van der Waals surface area contributed by atoms with Crippen LogP contribution < -0.4 is 4.74 Å². The Morgan fingerprint density at radius 2 is 2.11 bits per heavy atom. The van der Waals surface area contributed by atoms with Crippen molar-refractivity contribution in [3.05, 3.63) is 64.9 Å². The molecule has 1 atom stereocenters. The van der Waals surface area contributed by atoms with Crippen molar-refractivity contribution in [2.45, 2.75) is 38.5 Å². The average molecular weight is 364 g/mol. The highest BCUT2D eigenvalue weighted by molar-refractivity contribution is 5.81. The molecular weight excluding hydrogens is 334 g/mol. The van der Waals surface area contributed by atoms with E-state index in [1.807, 2.05) is 6.26 Å². The van der Waals surface area contributed by atoms with Crippen LogP contribution in [0.25, 0.3) is 11.0 Å². The first-order valence-corrected chi connectivity index (χ1v) is 9.96. The van der Waals surface area contributed by atoms with Gasteiger partial charge in [-0.2, -0.15) is 0 Å². The molecule has 3 heteroatoms. The molecule has 0 radical (unpaired) electrons. The Morgan fingerprint density at radius 3 is 2.96 bits per heavy atom. The Hall–Kier alpha value is -2.26. The van der Waals surface area contributed by atoms with Gasteiger partial charge >= 0.3 is 0 Å². The summed E-state index contributed by atoms with van der Waals surface area (Å²) in [6.07, 6.45) is 6.57. The molecule has 0 saturated heterocycles. The van der Waals surface area contributed by atoms with Crippen LogP contribution in [0.2, 0.25) is 0 Å². The van der Waals surface area contributed by atoms with E-state index in [1.54, 1.807) is 7.11 Å². The van der Waals surface area contributed by atoms with Gasteiger partial charge in [-0.15, -0.1) is 0 Å². The predicted octanol–water partition coefficient (Wildman–Crippen LogP) is 5.34. The van der Waals surface area contributed by atoms with Crippen molar-refractivity contribution >= 4 is 11.0 Å². The molecule has 0 bridgehead atoms. The minimum atomic E-state index is 0.604. The summed E-state index contributed by atoms with van der Waals surface area (Å²) in [6, 6.07) is 13.1. The topological polar surface area (TPSA) is 25.6 Å². The Balaban J connectivity index is 1.41. The summed E-state index contributed by atoms with van der Waals surface area (Å²) in [7, 11) is 4.03. The van der Waals surface area contributed by atoms with E-state index in [4.69, 9.17) is 9.15 Å². The number of furan rings is 1. The summed E-state index contributed by atoms with van der Waals surface area (Å²) in [5.74, 6) is 1.66. The highest BCUT2D eigenvalue weighted by atomic mass is 16.5. The van der Waals surface area contributed by atoms with E-state index in [0.717, 1.165) is 37.3 Å². The van der Waals surface area contributed by atoms with E-state index in [1.165, 1.54) is 40.5 Å². The van der Waals surface area contributed by atoms with Crippen LogP contribution in [0.15, 0.2) is 47.1 Å². The van der Waals surface area contributed by atoms with E-state index in [9.17, 15) is 0 Å². The highest BCUT2D eigenvalue weighted by Gasteiger charge is 2.23. The molecule has 142 valence electrons. The number of aryl methyl sites for hydroxylation is 1. The number of ether oxygens (including phenoxy) is 1. The molecular formula is C24H29NO2. The molecule has 1 heterocycles. The lowest BCUT2D eigenvalue weighted by Gasteiger charge is -2.30. The molecule has 0 fully saturated rings. The number of fused-ring (bicyclic) bond motifs is 2. The quantitative estimate of drug-likeness (QED) is 0.591. The number of hydrogen-bond acceptors (Lipinski definition) is 3. The van der Waals surface area contributed by atoms with Crippen LogP contribution >= 0.6 is 0 Å². The molecule has 2 aromatic carbocycles. The molecule has 1 aliphatic rings. The van der Waals surface area contributed by atoms with Crippen LogP contribution in [-0.2, 0) is 12.8 Å². The first-order valence-electron chi connectivity index (χ1n) is 9.96. The van der Waals surface area contributed by atoms with Crippen LogP contribution in [0.5, 0.6) is 5.75 Å². The average Bonchev–Trinajstić information content (AvgIpc) is 3.06. The molecule has 0 aliphatic heterocycles. The van der Waals surface area contributed by atoms with Crippen molar-refractivity contribution in [3.63, 3.8) is 0 Å². The monoisotopic (exact) mass is 363 g/mol. The molecule has 0 spiro atoms. The number of rotatable bonds is 6. The Morgan fingerprint density at radius 1 is 1.22 bits per heavy atom. The van der Waals surface area contributed by atoms with E-state index in [0.29, 0.717) is 5.92 Å². The molecule has 1 aliphatic carbocycles. The second-order valence-electron chi connectivity index (χ2n) is 7.88. The second-order valence-corrected chi connectivity index (χ2v) is 7.88. The van der Waals surface area contributed by atoms with Crippen molar-refractivity contribution in [3.8, 4) is 5.75 Å². The summed E-state index contributed by atoms with van der Waals surface area (Å²) in [6.45, 7) is 4.28. The summed E-state index contributed by atoms with van der Waals surface area (Å²) in [5, 5.41) is 1.24. The first kappa shape index (κ1) is 18.1. The third kappa shape index (κ3) is 3.74. The van der Waals surface area contributed by atoms with Crippen LogP contribution in [0, 0.1) is 6.92 Å². The number of nitrogens with zero attached hydrogens (tertiary/aromatic N) is 1. The van der Waals surface area contributed by atoms with E-state index in [2.05, 4.69) is 55.3 Å². The Bertz CT molecular complexity index is 927. The van der Waals surface area contributed by atoms with Gasteiger partial charge in [0.05, 0.1) is 13.4 Å². The lowest BCUT2D eigenvalue weighted by Crippen LogP contribution is -2.28. The van der Waals surface area contributed by atoms with Gasteiger partial charge in [-0.05, 0) is 86.0 Å². The lowest BCUT2D eigenvalue weighted by atomic mass is 9.82. The van der Waals surface area contributed by atoms with E-state index < -0.39 is 0 Å². The van der Waals surface area contributed by atoms with E-state index in [-0.39, 0.29) is 0 Å². The zero-order chi connectivity index (χ0) is 18.8. The third-order valence-electron chi connectivity index (χ3n) is 5.95. The third-order valence-corrected chi connectivity index (χ3v) is 5.95. The molecule has 1 unspecified atom stereocenters. The highest BCUT2D eigenvalue weighted by Crippen LogP contribution is 2.36. The first-order chi connectivity index (χ1) is 13.2. The number of likely N-dealkylation sites (N-methyl/N-ethyl adjacent to an activating group) is 1. The van der Waals surface area contributed by atoms with Gasteiger partial charge in [-0.25, -0.2) is 0 Å². The largest absolute Gasteiger partial charge is 0.496 e. The number of methoxy groups -OCH3 is 1. The fourth-order valence-corrected chi connectivity index (χ4v) is 4.44. The van der Waals surface area contributed by atoms with Gasteiger partial charge in [0.2, 0.25) is 0 Å². The van der Waals surface area contributed by atoms with Crippen LogP contribution in [-0.4, -0.2) is 32.1 Å². The van der Waals surface area contributed by atoms with Gasteiger partial charge in [0.1, 0.15) is 11.3 Å². The zero-order valence-electron chi connectivity index (χ0n) is 16.6. The zero-order valence-corrected chi connectivity index (χ0v) is 16.6.